The molecule has 7 heteroatoms. The molecule has 2 saturated heterocycles. The van der Waals surface area contributed by atoms with Gasteiger partial charge in [-0.3, -0.25) is 0 Å². The Morgan fingerprint density at radius 1 is 0.632 bits per heavy atom. The van der Waals surface area contributed by atoms with Crippen molar-refractivity contribution in [2.45, 2.75) is 38.5 Å². The van der Waals surface area contributed by atoms with Crippen LogP contribution in [-0.4, -0.2) is 26.2 Å². The molecule has 0 aromatic rings. The van der Waals surface area contributed by atoms with Gasteiger partial charge in [0.1, 0.15) is 0 Å². The SMILES string of the molecule is C1CC[N-]CC1.C1CC[N-]CC1.N#C[S-].N#C[S-].[Cu]. The van der Waals surface area contributed by atoms with Gasteiger partial charge < -0.3 is 35.9 Å². The van der Waals surface area contributed by atoms with Crippen LogP contribution in [0.1, 0.15) is 38.5 Å². The van der Waals surface area contributed by atoms with E-state index < -0.39 is 0 Å². The quantitative estimate of drug-likeness (QED) is 0.383. The van der Waals surface area contributed by atoms with E-state index in [1.54, 1.807) is 0 Å². The molecule has 0 atom stereocenters. The van der Waals surface area contributed by atoms with Gasteiger partial charge in [0.25, 0.3) is 0 Å². The van der Waals surface area contributed by atoms with Crippen LogP contribution in [0, 0.1) is 21.3 Å². The molecule has 2 fully saturated rings. The summed E-state index contributed by atoms with van der Waals surface area (Å²) in [5.41, 5.74) is 0. The predicted octanol–water partition coefficient (Wildman–Crippen LogP) is 3.11. The summed E-state index contributed by atoms with van der Waals surface area (Å²) in [6, 6.07) is 0. The normalized spacial score (nSPS) is 15.9. The molecule has 0 aromatic heterocycles. The Labute approximate surface area is 139 Å². The van der Waals surface area contributed by atoms with E-state index in [0.29, 0.717) is 0 Å². The average Bonchev–Trinajstić information content (AvgIpc) is 2.45. The largest absolute Gasteiger partial charge is 0.696 e. The number of piperidine rings is 2. The third kappa shape index (κ3) is 31.9. The summed E-state index contributed by atoms with van der Waals surface area (Å²) in [6.45, 7) is 4.50. The topological polar surface area (TPSA) is 75.8 Å². The summed E-state index contributed by atoms with van der Waals surface area (Å²) in [4.78, 5) is 0. The van der Waals surface area contributed by atoms with E-state index in [9.17, 15) is 0 Å². The maximum Gasteiger partial charge on any atom is 0 e. The van der Waals surface area contributed by atoms with E-state index in [0.717, 1.165) is 26.2 Å². The fourth-order valence-corrected chi connectivity index (χ4v) is 1.47. The summed E-state index contributed by atoms with van der Waals surface area (Å²) in [5, 5.41) is 25.3. The van der Waals surface area contributed by atoms with Crippen molar-refractivity contribution in [3.63, 3.8) is 0 Å². The molecular weight excluding hydrogens is 328 g/mol. The summed E-state index contributed by atoms with van der Waals surface area (Å²) in [5.74, 6) is 0. The van der Waals surface area contributed by atoms with Crippen LogP contribution in [0.25, 0.3) is 10.6 Å². The second-order valence-electron chi connectivity index (χ2n) is 3.65. The van der Waals surface area contributed by atoms with Crippen molar-refractivity contribution in [1.29, 1.82) is 10.5 Å². The monoisotopic (exact) mass is 347 g/mol. The van der Waals surface area contributed by atoms with E-state index in [2.05, 4.69) is 35.9 Å². The number of nitriles is 2. The van der Waals surface area contributed by atoms with Gasteiger partial charge >= 0.3 is 0 Å². The molecule has 2 heterocycles. The minimum Gasteiger partial charge on any atom is -0.696 e. The summed E-state index contributed by atoms with van der Waals surface area (Å²) in [6.07, 6.45) is 8.15. The van der Waals surface area contributed by atoms with Crippen molar-refractivity contribution >= 4 is 25.3 Å². The molecule has 0 N–H and O–H groups in total. The van der Waals surface area contributed by atoms with Gasteiger partial charge in [-0.15, -0.1) is 26.2 Å². The number of rotatable bonds is 0. The molecule has 0 saturated carbocycles. The minimum atomic E-state index is 0. The zero-order valence-corrected chi connectivity index (χ0v) is 13.6. The number of hydrogen-bond acceptors (Lipinski definition) is 4. The maximum atomic E-state index is 7.13. The van der Waals surface area contributed by atoms with Gasteiger partial charge in [-0.2, -0.15) is 0 Å². The molecule has 0 aromatic carbocycles. The Balaban J connectivity index is -0.000000188. The molecule has 0 amide bonds. The first-order chi connectivity index (χ1) is 8.83. The van der Waals surface area contributed by atoms with Crippen molar-refractivity contribution in [3.05, 3.63) is 10.6 Å². The zero-order valence-electron chi connectivity index (χ0n) is 11.0. The van der Waals surface area contributed by atoms with Crippen molar-refractivity contribution in [2.24, 2.45) is 0 Å². The summed E-state index contributed by atoms with van der Waals surface area (Å²) >= 11 is 7.40. The van der Waals surface area contributed by atoms with Gasteiger partial charge in [0.05, 0.1) is 0 Å². The van der Waals surface area contributed by atoms with Crippen molar-refractivity contribution < 1.29 is 17.1 Å². The Kier molecular flexibility index (Phi) is 33.3. The van der Waals surface area contributed by atoms with Crippen LogP contribution in [0.15, 0.2) is 0 Å². The first kappa shape index (κ1) is 23.9. The molecule has 2 aliphatic rings. The number of thiocyanates is 2. The van der Waals surface area contributed by atoms with Gasteiger partial charge in [0.15, 0.2) is 0 Å². The third-order valence-corrected chi connectivity index (χ3v) is 2.26. The number of hydrogen-bond donors (Lipinski definition) is 0. The van der Waals surface area contributed by atoms with Crippen molar-refractivity contribution in [3.8, 4) is 10.8 Å². The van der Waals surface area contributed by atoms with E-state index >= 15 is 0 Å². The molecule has 0 unspecified atom stereocenters. The fraction of sp³-hybridized carbons (Fsp3) is 0.833. The van der Waals surface area contributed by atoms with Crippen molar-refractivity contribution in [1.82, 2.24) is 0 Å². The molecule has 2 rings (SSSR count). The third-order valence-electron chi connectivity index (χ3n) is 2.26. The Morgan fingerprint density at radius 3 is 0.895 bits per heavy atom. The molecule has 0 aliphatic carbocycles. The second-order valence-corrected chi connectivity index (χ2v) is 4.01. The van der Waals surface area contributed by atoms with Crippen LogP contribution in [0.2, 0.25) is 0 Å². The smallest absolute Gasteiger partial charge is 0 e. The Hall–Kier alpha value is -0.141. The van der Waals surface area contributed by atoms with Crippen LogP contribution in [0.3, 0.4) is 0 Å². The first-order valence-corrected chi connectivity index (χ1v) is 6.94. The molecule has 4 nitrogen and oxygen atoms in total. The predicted molar refractivity (Wildman–Crippen MR) is 79.8 cm³/mol. The van der Waals surface area contributed by atoms with E-state index in [-0.39, 0.29) is 17.1 Å². The fourth-order valence-electron chi connectivity index (χ4n) is 1.47. The van der Waals surface area contributed by atoms with E-state index in [4.69, 9.17) is 10.5 Å². The second kappa shape index (κ2) is 26.4. The average molecular weight is 348 g/mol. The first-order valence-electron chi connectivity index (χ1n) is 6.12. The van der Waals surface area contributed by atoms with Gasteiger partial charge in [-0.05, 0) is 0 Å². The summed E-state index contributed by atoms with van der Waals surface area (Å²) < 4.78 is 0. The zero-order chi connectivity index (χ0) is 13.9. The Morgan fingerprint density at radius 2 is 0.842 bits per heavy atom. The molecule has 2 aliphatic heterocycles. The molecule has 1 radical (unpaired) electrons. The van der Waals surface area contributed by atoms with Gasteiger partial charge in [-0.1, -0.05) is 49.3 Å². The molecule has 115 valence electrons. The number of nitrogens with zero attached hydrogens (tertiary/aromatic N) is 4. The molecule has 19 heavy (non-hydrogen) atoms. The van der Waals surface area contributed by atoms with Crippen molar-refractivity contribution in [2.75, 3.05) is 26.2 Å². The molecule has 0 spiro atoms. The van der Waals surface area contributed by atoms with Gasteiger partial charge in [0.2, 0.25) is 0 Å². The molecule has 0 bridgehead atoms. The maximum absolute atomic E-state index is 7.13. The van der Waals surface area contributed by atoms with Crippen LogP contribution in [-0.2, 0) is 42.3 Å². The van der Waals surface area contributed by atoms with Gasteiger partial charge in [0, 0.05) is 17.1 Å². The van der Waals surface area contributed by atoms with Crippen LogP contribution in [0.5, 0.6) is 0 Å². The Bertz CT molecular complexity index is 174. The van der Waals surface area contributed by atoms with Crippen LogP contribution < -0.4 is 0 Å². The van der Waals surface area contributed by atoms with E-state index in [1.807, 2.05) is 0 Å². The summed E-state index contributed by atoms with van der Waals surface area (Å²) in [7, 11) is 0. The molecular formula is C12H20CuN4S2-4. The van der Waals surface area contributed by atoms with Gasteiger partial charge in [-0.25, -0.2) is 10.5 Å². The van der Waals surface area contributed by atoms with Crippen LogP contribution >= 0.6 is 0 Å². The standard InChI is InChI=1S/2C5H10N.2CHNS.Cu/c2*1-2-4-6-5-3-1;2*2-1-3;/h2*1-5H2;2*3H;/q2*-1;;;/p-2. The minimum absolute atomic E-state index is 0. The van der Waals surface area contributed by atoms with Crippen LogP contribution in [0.4, 0.5) is 0 Å². The van der Waals surface area contributed by atoms with E-state index in [1.165, 1.54) is 49.3 Å².